The Kier molecular flexibility index (Phi) is 5.59. The lowest BCUT2D eigenvalue weighted by molar-refractivity contribution is -0.385. The molecule has 0 aliphatic rings. The Morgan fingerprint density at radius 2 is 1.67 bits per heavy atom. The fourth-order valence-electron chi connectivity index (χ4n) is 2.02. The first-order valence-electron chi connectivity index (χ1n) is 6.73. The van der Waals surface area contributed by atoms with Crippen LogP contribution in [-0.4, -0.2) is 30.5 Å². The van der Waals surface area contributed by atoms with Gasteiger partial charge in [-0.25, -0.2) is 4.21 Å². The summed E-state index contributed by atoms with van der Waals surface area (Å²) in [7, 11) is 2.73. The molecule has 2 aromatic carbocycles. The molecule has 0 aliphatic heterocycles. The van der Waals surface area contributed by atoms with Crippen LogP contribution in [0.25, 0.3) is 0 Å². The first kappa shape index (κ1) is 17.5. The minimum absolute atomic E-state index is 0.132. The lowest BCUT2D eigenvalue weighted by Gasteiger charge is -2.14. The minimum Gasteiger partial charge on any atom is -0.493 e. The maximum absolute atomic E-state index is 12.4. The Labute approximate surface area is 141 Å². The van der Waals surface area contributed by atoms with Crippen molar-refractivity contribution >= 4 is 22.4 Å². The van der Waals surface area contributed by atoms with Gasteiger partial charge in [0, 0.05) is 24.3 Å². The van der Waals surface area contributed by atoms with E-state index in [0.717, 1.165) is 0 Å². The average molecular weight is 352 g/mol. The van der Waals surface area contributed by atoms with Crippen molar-refractivity contribution in [2.75, 3.05) is 26.1 Å². The van der Waals surface area contributed by atoms with Crippen LogP contribution in [0.3, 0.4) is 0 Å². The third-order valence-corrected chi connectivity index (χ3v) is 4.22. The maximum atomic E-state index is 12.4. The van der Waals surface area contributed by atoms with Crippen LogP contribution in [0.15, 0.2) is 41.3 Å². The van der Waals surface area contributed by atoms with Crippen molar-refractivity contribution in [2.45, 2.75) is 4.90 Å². The van der Waals surface area contributed by atoms with Gasteiger partial charge in [0.15, 0.2) is 22.5 Å². The Balaban J connectivity index is 2.32. The van der Waals surface area contributed by atoms with Crippen molar-refractivity contribution in [1.29, 1.82) is 0 Å². The van der Waals surface area contributed by atoms with E-state index in [1.807, 2.05) is 0 Å². The molecule has 0 aromatic heterocycles. The molecule has 0 radical (unpaired) electrons. The summed E-state index contributed by atoms with van der Waals surface area (Å²) in [5, 5.41) is 10.8. The number of nitrogens with one attached hydrogen (secondary N) is 1. The molecular weight excluding hydrogens is 336 g/mol. The second-order valence-corrected chi connectivity index (χ2v) is 5.75. The van der Waals surface area contributed by atoms with Gasteiger partial charge in [0.2, 0.25) is 5.75 Å². The molecule has 0 saturated heterocycles. The van der Waals surface area contributed by atoms with E-state index in [9.17, 15) is 14.3 Å². The number of non-ortho nitro benzene ring substituents is 1. The molecule has 9 heteroatoms. The van der Waals surface area contributed by atoms with Crippen LogP contribution in [-0.2, 0) is 11.0 Å². The SMILES string of the molecule is COc1cc(NS(=O)c2cccc([N+](=O)[O-])c2)cc(OC)c1OC. The first-order chi connectivity index (χ1) is 11.5. The smallest absolute Gasteiger partial charge is 0.270 e. The Hall–Kier alpha value is -2.81. The molecule has 1 N–H and O–H groups in total. The predicted molar refractivity (Wildman–Crippen MR) is 89.2 cm³/mol. The van der Waals surface area contributed by atoms with Gasteiger partial charge in [-0.05, 0) is 6.07 Å². The van der Waals surface area contributed by atoms with Gasteiger partial charge in [0.25, 0.3) is 5.69 Å². The van der Waals surface area contributed by atoms with E-state index in [2.05, 4.69) is 4.72 Å². The monoisotopic (exact) mass is 352 g/mol. The van der Waals surface area contributed by atoms with Crippen molar-refractivity contribution in [1.82, 2.24) is 0 Å². The molecule has 1 unspecified atom stereocenters. The molecule has 0 saturated carbocycles. The Morgan fingerprint density at radius 3 is 2.17 bits per heavy atom. The van der Waals surface area contributed by atoms with Crippen molar-refractivity contribution in [3.63, 3.8) is 0 Å². The maximum Gasteiger partial charge on any atom is 0.270 e. The largest absolute Gasteiger partial charge is 0.493 e. The van der Waals surface area contributed by atoms with E-state index < -0.39 is 15.9 Å². The molecule has 128 valence electrons. The molecule has 2 aromatic rings. The second kappa shape index (κ2) is 7.64. The molecule has 24 heavy (non-hydrogen) atoms. The van der Waals surface area contributed by atoms with Gasteiger partial charge in [-0.2, -0.15) is 0 Å². The fourth-order valence-corrected chi connectivity index (χ4v) is 2.90. The van der Waals surface area contributed by atoms with E-state index in [4.69, 9.17) is 14.2 Å². The normalized spacial score (nSPS) is 11.5. The number of nitrogens with zero attached hydrogens (tertiary/aromatic N) is 1. The number of methoxy groups -OCH3 is 3. The quantitative estimate of drug-likeness (QED) is 0.607. The van der Waals surface area contributed by atoms with Crippen LogP contribution in [0.5, 0.6) is 17.2 Å². The minimum atomic E-state index is -1.70. The summed E-state index contributed by atoms with van der Waals surface area (Å²) in [6, 6.07) is 8.78. The van der Waals surface area contributed by atoms with Crippen LogP contribution >= 0.6 is 0 Å². The molecule has 8 nitrogen and oxygen atoms in total. The van der Waals surface area contributed by atoms with Crippen LogP contribution in [0, 0.1) is 10.1 Å². The zero-order valence-electron chi connectivity index (χ0n) is 13.3. The summed E-state index contributed by atoms with van der Waals surface area (Å²) in [6.45, 7) is 0. The molecule has 1 atom stereocenters. The van der Waals surface area contributed by atoms with Crippen molar-refractivity contribution in [2.24, 2.45) is 0 Å². The lowest BCUT2D eigenvalue weighted by Crippen LogP contribution is -2.06. The number of nitro benzene ring substituents is 1. The number of ether oxygens (including phenoxy) is 3. The molecule has 0 heterocycles. The summed E-state index contributed by atoms with van der Waals surface area (Å²) in [6.07, 6.45) is 0. The van der Waals surface area contributed by atoms with Gasteiger partial charge < -0.3 is 18.9 Å². The van der Waals surface area contributed by atoms with Crippen molar-refractivity contribution in [3.8, 4) is 17.2 Å². The second-order valence-electron chi connectivity index (χ2n) is 4.54. The predicted octanol–water partition coefficient (Wildman–Crippen LogP) is 2.76. The number of rotatable bonds is 7. The lowest BCUT2D eigenvalue weighted by atomic mass is 10.2. The topological polar surface area (TPSA) is 99.9 Å². The molecule has 0 aliphatic carbocycles. The summed E-state index contributed by atoms with van der Waals surface area (Å²) in [4.78, 5) is 10.5. The van der Waals surface area contributed by atoms with E-state index >= 15 is 0 Å². The summed E-state index contributed by atoms with van der Waals surface area (Å²) < 4.78 is 30.8. The third-order valence-electron chi connectivity index (χ3n) is 3.12. The van der Waals surface area contributed by atoms with Gasteiger partial charge in [0.05, 0.1) is 36.8 Å². The molecule has 0 amide bonds. The average Bonchev–Trinajstić information content (AvgIpc) is 2.60. The summed E-state index contributed by atoms with van der Waals surface area (Å²) in [5.41, 5.74) is 0.321. The van der Waals surface area contributed by atoms with Gasteiger partial charge in [-0.1, -0.05) is 6.07 Å². The molecule has 0 spiro atoms. The molecule has 0 fully saturated rings. The zero-order valence-corrected chi connectivity index (χ0v) is 14.1. The van der Waals surface area contributed by atoms with Crippen molar-refractivity contribution < 1.29 is 23.3 Å². The van der Waals surface area contributed by atoms with Crippen LogP contribution in [0.2, 0.25) is 0 Å². The highest BCUT2D eigenvalue weighted by Gasteiger charge is 2.15. The zero-order chi connectivity index (χ0) is 17.7. The fraction of sp³-hybridized carbons (Fsp3) is 0.200. The first-order valence-corrected chi connectivity index (χ1v) is 7.88. The van der Waals surface area contributed by atoms with Crippen LogP contribution in [0.1, 0.15) is 0 Å². The highest BCUT2D eigenvalue weighted by molar-refractivity contribution is 7.86. The molecule has 2 rings (SSSR count). The van der Waals surface area contributed by atoms with Gasteiger partial charge in [-0.3, -0.25) is 10.1 Å². The van der Waals surface area contributed by atoms with Gasteiger partial charge in [0.1, 0.15) is 0 Å². The molecule has 0 bridgehead atoms. The number of hydrogen-bond acceptors (Lipinski definition) is 6. The van der Waals surface area contributed by atoms with Gasteiger partial charge >= 0.3 is 0 Å². The third kappa shape index (κ3) is 3.74. The summed E-state index contributed by atoms with van der Waals surface area (Å²) in [5.74, 6) is 1.21. The number of benzene rings is 2. The number of anilines is 1. The van der Waals surface area contributed by atoms with E-state index in [1.165, 1.54) is 45.6 Å². The van der Waals surface area contributed by atoms with Crippen LogP contribution in [0.4, 0.5) is 11.4 Å². The number of hydrogen-bond donors (Lipinski definition) is 1. The van der Waals surface area contributed by atoms with E-state index in [0.29, 0.717) is 22.9 Å². The number of nitro groups is 1. The Morgan fingerprint density at radius 1 is 1.04 bits per heavy atom. The molecular formula is C15H16N2O6S. The standard InChI is InChI=1S/C15H16N2O6S/c1-21-13-7-10(8-14(22-2)15(13)23-3)16-24(20)12-6-4-5-11(9-12)17(18)19/h4-9,16H,1-3H3. The van der Waals surface area contributed by atoms with E-state index in [1.54, 1.807) is 12.1 Å². The van der Waals surface area contributed by atoms with Crippen molar-refractivity contribution in [3.05, 3.63) is 46.5 Å². The van der Waals surface area contributed by atoms with E-state index in [-0.39, 0.29) is 10.6 Å². The Bertz CT molecular complexity index is 755. The highest BCUT2D eigenvalue weighted by Crippen LogP contribution is 2.40. The van der Waals surface area contributed by atoms with Crippen LogP contribution < -0.4 is 18.9 Å². The highest BCUT2D eigenvalue weighted by atomic mass is 32.2. The summed E-state index contributed by atoms with van der Waals surface area (Å²) >= 11 is 0. The van der Waals surface area contributed by atoms with Gasteiger partial charge in [-0.15, -0.1) is 0 Å².